The van der Waals surface area contributed by atoms with E-state index in [4.69, 9.17) is 6.42 Å². The third kappa shape index (κ3) is 4.15. The number of rotatable bonds is 5. The van der Waals surface area contributed by atoms with Gasteiger partial charge in [0.1, 0.15) is 0 Å². The maximum atomic E-state index is 5.46. The van der Waals surface area contributed by atoms with Crippen molar-refractivity contribution in [3.63, 3.8) is 0 Å². The first-order chi connectivity index (χ1) is 6.86. The van der Waals surface area contributed by atoms with Crippen molar-refractivity contribution in [1.82, 2.24) is 5.32 Å². The van der Waals surface area contributed by atoms with Crippen LogP contribution in [0.1, 0.15) is 51.9 Å². The second-order valence-electron chi connectivity index (χ2n) is 4.42. The van der Waals surface area contributed by atoms with Gasteiger partial charge in [-0.15, -0.1) is 6.42 Å². The van der Waals surface area contributed by atoms with Crippen LogP contribution in [0.2, 0.25) is 0 Å². The molecule has 1 aliphatic rings. The first kappa shape index (κ1) is 11.6. The third-order valence-electron chi connectivity index (χ3n) is 3.16. The van der Waals surface area contributed by atoms with Gasteiger partial charge in [0.15, 0.2) is 0 Å². The van der Waals surface area contributed by atoms with E-state index in [2.05, 4.69) is 18.2 Å². The van der Waals surface area contributed by atoms with Gasteiger partial charge in [-0.2, -0.15) is 0 Å². The van der Waals surface area contributed by atoms with E-state index in [1.54, 1.807) is 0 Å². The number of terminal acetylenes is 1. The van der Waals surface area contributed by atoms with E-state index in [0.29, 0.717) is 6.04 Å². The maximum Gasteiger partial charge on any atom is 0.0686 e. The molecule has 0 spiro atoms. The van der Waals surface area contributed by atoms with E-state index < -0.39 is 0 Å². The van der Waals surface area contributed by atoms with Gasteiger partial charge in [-0.3, -0.25) is 0 Å². The molecule has 1 nitrogen and oxygen atoms in total. The smallest absolute Gasteiger partial charge is 0.0686 e. The van der Waals surface area contributed by atoms with Gasteiger partial charge in [-0.1, -0.05) is 38.5 Å². The summed E-state index contributed by atoms with van der Waals surface area (Å²) >= 11 is 0. The molecule has 80 valence electrons. The minimum Gasteiger partial charge on any atom is -0.303 e. The van der Waals surface area contributed by atoms with Crippen LogP contribution in [-0.2, 0) is 0 Å². The Morgan fingerprint density at radius 2 is 2.07 bits per heavy atom. The van der Waals surface area contributed by atoms with Crippen LogP contribution in [0.3, 0.4) is 0 Å². The molecule has 1 unspecified atom stereocenters. The maximum absolute atomic E-state index is 5.46. The van der Waals surface area contributed by atoms with Crippen molar-refractivity contribution in [1.29, 1.82) is 0 Å². The average molecular weight is 193 g/mol. The lowest BCUT2D eigenvalue weighted by Gasteiger charge is -2.23. The Labute approximate surface area is 88.7 Å². The lowest BCUT2D eigenvalue weighted by molar-refractivity contribution is 0.334. The van der Waals surface area contributed by atoms with Crippen molar-refractivity contribution in [3.05, 3.63) is 0 Å². The Bertz CT molecular complexity index is 174. The molecule has 1 heteroatoms. The van der Waals surface area contributed by atoms with E-state index in [1.807, 2.05) is 0 Å². The van der Waals surface area contributed by atoms with Crippen LogP contribution in [0.25, 0.3) is 0 Å². The van der Waals surface area contributed by atoms with Crippen LogP contribution < -0.4 is 5.32 Å². The fourth-order valence-corrected chi connectivity index (χ4v) is 2.23. The topological polar surface area (TPSA) is 12.0 Å². The second-order valence-corrected chi connectivity index (χ2v) is 4.42. The van der Waals surface area contributed by atoms with Crippen LogP contribution in [0.15, 0.2) is 0 Å². The van der Waals surface area contributed by atoms with Gasteiger partial charge < -0.3 is 5.32 Å². The van der Waals surface area contributed by atoms with Gasteiger partial charge in [0, 0.05) is 0 Å². The Balaban J connectivity index is 2.14. The fraction of sp³-hybridized carbons (Fsp3) is 0.846. The quantitative estimate of drug-likeness (QED) is 0.662. The Hall–Kier alpha value is -0.480. The SMILES string of the molecule is C#CC(CCC)NCC1CCCCC1. The summed E-state index contributed by atoms with van der Waals surface area (Å²) in [4.78, 5) is 0. The Kier molecular flexibility index (Phi) is 5.71. The summed E-state index contributed by atoms with van der Waals surface area (Å²) in [6.45, 7) is 3.32. The standard InChI is InChI=1S/C13H23N/c1-3-8-13(4-2)14-11-12-9-6-5-7-10-12/h2,12-14H,3,5-11H2,1H3. The molecule has 1 atom stereocenters. The fourth-order valence-electron chi connectivity index (χ4n) is 2.23. The molecule has 1 aliphatic carbocycles. The molecule has 0 amide bonds. The largest absolute Gasteiger partial charge is 0.303 e. The lowest BCUT2D eigenvalue weighted by atomic mass is 9.89. The van der Waals surface area contributed by atoms with Gasteiger partial charge in [-0.05, 0) is 31.7 Å². The molecule has 0 aromatic heterocycles. The molecule has 0 aromatic rings. The van der Waals surface area contributed by atoms with Crippen LogP contribution >= 0.6 is 0 Å². The van der Waals surface area contributed by atoms with Crippen LogP contribution in [0.5, 0.6) is 0 Å². The molecule has 0 saturated heterocycles. The zero-order valence-electron chi connectivity index (χ0n) is 9.39. The minimum atomic E-state index is 0.307. The molecule has 1 rings (SSSR count). The first-order valence-corrected chi connectivity index (χ1v) is 6.06. The van der Waals surface area contributed by atoms with E-state index in [9.17, 15) is 0 Å². The number of hydrogen-bond donors (Lipinski definition) is 1. The molecule has 1 N–H and O–H groups in total. The highest BCUT2D eigenvalue weighted by Gasteiger charge is 2.14. The molecule has 0 bridgehead atoms. The highest BCUT2D eigenvalue weighted by Crippen LogP contribution is 2.22. The Morgan fingerprint density at radius 1 is 1.36 bits per heavy atom. The van der Waals surface area contributed by atoms with Crippen molar-refractivity contribution < 1.29 is 0 Å². The van der Waals surface area contributed by atoms with Gasteiger partial charge in [0.05, 0.1) is 6.04 Å². The molecular weight excluding hydrogens is 170 g/mol. The van der Waals surface area contributed by atoms with Gasteiger partial charge >= 0.3 is 0 Å². The van der Waals surface area contributed by atoms with Crippen LogP contribution in [0, 0.1) is 18.3 Å². The van der Waals surface area contributed by atoms with Gasteiger partial charge in [0.25, 0.3) is 0 Å². The van der Waals surface area contributed by atoms with Gasteiger partial charge in [0.2, 0.25) is 0 Å². The molecule has 1 saturated carbocycles. The normalized spacial score (nSPS) is 20.3. The van der Waals surface area contributed by atoms with Crippen molar-refractivity contribution in [2.24, 2.45) is 5.92 Å². The Morgan fingerprint density at radius 3 is 2.64 bits per heavy atom. The summed E-state index contributed by atoms with van der Waals surface area (Å²) in [6.07, 6.45) is 14.8. The van der Waals surface area contributed by atoms with E-state index >= 15 is 0 Å². The predicted molar refractivity (Wildman–Crippen MR) is 62.1 cm³/mol. The summed E-state index contributed by atoms with van der Waals surface area (Å²) in [6, 6.07) is 0.307. The first-order valence-electron chi connectivity index (χ1n) is 6.06. The molecule has 1 fully saturated rings. The molecule has 0 radical (unpaired) electrons. The minimum absolute atomic E-state index is 0.307. The van der Waals surface area contributed by atoms with E-state index in [0.717, 1.165) is 18.9 Å². The van der Waals surface area contributed by atoms with Crippen molar-refractivity contribution in [3.8, 4) is 12.3 Å². The third-order valence-corrected chi connectivity index (χ3v) is 3.16. The zero-order chi connectivity index (χ0) is 10.2. The monoisotopic (exact) mass is 193 g/mol. The molecule has 0 heterocycles. The van der Waals surface area contributed by atoms with Gasteiger partial charge in [-0.25, -0.2) is 0 Å². The summed E-state index contributed by atoms with van der Waals surface area (Å²) in [5, 5.41) is 3.50. The summed E-state index contributed by atoms with van der Waals surface area (Å²) in [5.74, 6) is 3.72. The van der Waals surface area contributed by atoms with Crippen LogP contribution in [0.4, 0.5) is 0 Å². The highest BCUT2D eigenvalue weighted by molar-refractivity contribution is 4.98. The van der Waals surface area contributed by atoms with E-state index in [-0.39, 0.29) is 0 Å². The highest BCUT2D eigenvalue weighted by atomic mass is 14.9. The molecule has 14 heavy (non-hydrogen) atoms. The second kappa shape index (κ2) is 6.90. The predicted octanol–water partition coefficient (Wildman–Crippen LogP) is 2.96. The van der Waals surface area contributed by atoms with E-state index in [1.165, 1.54) is 38.5 Å². The number of nitrogens with one attached hydrogen (secondary N) is 1. The average Bonchev–Trinajstić information content (AvgIpc) is 2.25. The van der Waals surface area contributed by atoms with Crippen LogP contribution in [-0.4, -0.2) is 12.6 Å². The summed E-state index contributed by atoms with van der Waals surface area (Å²) in [5.41, 5.74) is 0. The lowest BCUT2D eigenvalue weighted by Crippen LogP contribution is -2.32. The van der Waals surface area contributed by atoms with Crippen molar-refractivity contribution in [2.75, 3.05) is 6.54 Å². The number of hydrogen-bond acceptors (Lipinski definition) is 1. The summed E-state index contributed by atoms with van der Waals surface area (Å²) in [7, 11) is 0. The van der Waals surface area contributed by atoms with Crippen molar-refractivity contribution >= 4 is 0 Å². The molecule has 0 aliphatic heterocycles. The van der Waals surface area contributed by atoms with Crippen molar-refractivity contribution in [2.45, 2.75) is 57.9 Å². The molecule has 0 aromatic carbocycles. The zero-order valence-corrected chi connectivity index (χ0v) is 9.39. The molecular formula is C13H23N. The summed E-state index contributed by atoms with van der Waals surface area (Å²) < 4.78 is 0.